The van der Waals surface area contributed by atoms with Crippen LogP contribution >= 0.6 is 0 Å². The van der Waals surface area contributed by atoms with Crippen molar-refractivity contribution in [2.45, 2.75) is 115 Å². The smallest absolute Gasteiger partial charge is 0.302 e. The van der Waals surface area contributed by atoms with Gasteiger partial charge in [-0.25, -0.2) is 0 Å². The second kappa shape index (κ2) is 14.2. The first kappa shape index (κ1) is 36.2. The third-order valence-corrected chi connectivity index (χ3v) is 10.6. The first-order valence-corrected chi connectivity index (χ1v) is 16.1. The van der Waals surface area contributed by atoms with Gasteiger partial charge in [-0.15, -0.1) is 6.58 Å². The monoisotopic (exact) mass is 638 g/mol. The van der Waals surface area contributed by atoms with Gasteiger partial charge in [-0.1, -0.05) is 37.1 Å². The van der Waals surface area contributed by atoms with Crippen LogP contribution in [0.2, 0.25) is 0 Å². The molecule has 4 rings (SSSR count). The van der Waals surface area contributed by atoms with Gasteiger partial charge in [0.25, 0.3) is 0 Å². The molecule has 45 heavy (non-hydrogen) atoms. The Balaban J connectivity index is 1.78. The molecule has 0 unspecified atom stereocenters. The summed E-state index contributed by atoms with van der Waals surface area (Å²) in [6.45, 7) is 15.0. The molecule has 0 radical (unpaired) electrons. The van der Waals surface area contributed by atoms with E-state index >= 15 is 0 Å². The largest absolute Gasteiger partial charge is 0.465 e. The van der Waals surface area contributed by atoms with Crippen LogP contribution in [0.1, 0.15) is 60.8 Å². The van der Waals surface area contributed by atoms with E-state index in [4.69, 9.17) is 23.7 Å². The van der Waals surface area contributed by atoms with Gasteiger partial charge in [-0.3, -0.25) is 4.79 Å². The number of carbonyl (C=O) groups excluding carboxylic acids is 1. The first-order chi connectivity index (χ1) is 21.1. The van der Waals surface area contributed by atoms with E-state index < -0.39 is 66.0 Å². The zero-order chi connectivity index (χ0) is 33.4. The lowest BCUT2D eigenvalue weighted by atomic mass is 9.68. The van der Waals surface area contributed by atoms with Crippen molar-refractivity contribution in [2.75, 3.05) is 26.9 Å². The van der Waals surface area contributed by atoms with Crippen LogP contribution < -0.4 is 0 Å². The van der Waals surface area contributed by atoms with E-state index in [1.807, 2.05) is 20.8 Å². The number of fused-ring (bicyclic) bond motifs is 2. The molecule has 0 aromatic carbocycles. The Morgan fingerprint density at radius 3 is 2.44 bits per heavy atom. The summed E-state index contributed by atoms with van der Waals surface area (Å²) in [5.41, 5.74) is 0.864. The van der Waals surface area contributed by atoms with E-state index in [2.05, 4.69) is 12.7 Å². The molecule has 2 fully saturated rings. The van der Waals surface area contributed by atoms with E-state index in [0.717, 1.165) is 24.0 Å². The van der Waals surface area contributed by atoms with E-state index in [1.165, 1.54) is 6.92 Å². The fraction of sp³-hybridized carbons (Fsp3) is 0.794. The number of rotatable bonds is 11. The van der Waals surface area contributed by atoms with Crippen LogP contribution in [0.25, 0.3) is 0 Å². The van der Waals surface area contributed by atoms with Crippen molar-refractivity contribution in [3.8, 4) is 0 Å². The lowest BCUT2D eigenvalue weighted by molar-refractivity contribution is -0.319. The number of ether oxygens (including phenoxy) is 5. The number of aliphatic hydroxyl groups is 5. The van der Waals surface area contributed by atoms with Crippen LogP contribution in [-0.2, 0) is 28.5 Å². The maximum atomic E-state index is 12.1. The van der Waals surface area contributed by atoms with Crippen LogP contribution in [0.15, 0.2) is 35.5 Å². The molecular formula is C34H54O11. The number of esters is 1. The average Bonchev–Trinajstić information content (AvgIpc) is 3.49. The number of hydrogen-bond acceptors (Lipinski definition) is 11. The van der Waals surface area contributed by atoms with Gasteiger partial charge in [0.1, 0.15) is 30.5 Å². The number of methoxy groups -OCH3 is 1. The van der Waals surface area contributed by atoms with Gasteiger partial charge in [0, 0.05) is 31.3 Å². The third-order valence-electron chi connectivity index (χ3n) is 10.6. The van der Waals surface area contributed by atoms with Crippen molar-refractivity contribution in [2.24, 2.45) is 29.1 Å². The Morgan fingerprint density at radius 2 is 1.82 bits per heavy atom. The lowest BCUT2D eigenvalue weighted by Crippen LogP contribution is -2.61. The Labute approximate surface area is 266 Å². The summed E-state index contributed by atoms with van der Waals surface area (Å²) in [7, 11) is 1.67. The molecule has 1 heterocycles. The Bertz CT molecular complexity index is 1130. The maximum Gasteiger partial charge on any atom is 0.302 e. The highest BCUT2D eigenvalue weighted by atomic mass is 16.7. The van der Waals surface area contributed by atoms with Gasteiger partial charge in [0.05, 0.1) is 37.6 Å². The van der Waals surface area contributed by atoms with Crippen LogP contribution in [-0.4, -0.2) is 113 Å². The summed E-state index contributed by atoms with van der Waals surface area (Å²) in [4.78, 5) is 11.7. The average molecular weight is 639 g/mol. The van der Waals surface area contributed by atoms with Crippen molar-refractivity contribution in [3.63, 3.8) is 0 Å². The van der Waals surface area contributed by atoms with Gasteiger partial charge in [-0.2, -0.15) is 0 Å². The summed E-state index contributed by atoms with van der Waals surface area (Å²) in [6, 6.07) is 0. The molecular weight excluding hydrogens is 584 g/mol. The summed E-state index contributed by atoms with van der Waals surface area (Å²) in [6.07, 6.45) is -4.51. The molecule has 0 aromatic heterocycles. The van der Waals surface area contributed by atoms with Crippen LogP contribution in [0.5, 0.6) is 0 Å². The topological polar surface area (TPSA) is 164 Å². The SMILES string of the molecule is C=CC(C)(C)OC[C@H]1O[C@H](O[C@@H]2C3=C([C@H](C)COC(C)=O)C[C@H](O)[C@]3(C)C=C3[C@@H](COC)CC[C@H]3[C@@H](C)[C@H]2O)[C@H](O)[C@@H](O)[C@@H]1O. The predicted octanol–water partition coefficient (Wildman–Crippen LogP) is 2.04. The molecule has 3 aliphatic carbocycles. The van der Waals surface area contributed by atoms with Crippen LogP contribution in [0.4, 0.5) is 0 Å². The van der Waals surface area contributed by atoms with Crippen LogP contribution in [0.3, 0.4) is 0 Å². The lowest BCUT2D eigenvalue weighted by Gasteiger charge is -2.46. The molecule has 0 aromatic rings. The van der Waals surface area contributed by atoms with Gasteiger partial charge in [0.15, 0.2) is 6.29 Å². The van der Waals surface area contributed by atoms with Crippen molar-refractivity contribution in [1.29, 1.82) is 0 Å². The Morgan fingerprint density at radius 1 is 1.13 bits per heavy atom. The molecule has 13 atom stereocenters. The standard InChI is InChI=1S/C34H54O11/c1-9-33(5,6)43-16-24-28(38)29(39)30(40)32(44-24)45-31-26-22(17(2)14-42-19(4)35)12-25(36)34(26,7)13-23-20(15-41-8)10-11-21(23)18(3)27(31)37/h9,13,17-18,20-21,24-25,27-32,36-40H,1,10-12,14-16H2,2-8H3/t17-,18-,20-,21+,24-,25+,27-,28-,29+,30-,31-,32-,34+/m1/s1. The van der Waals surface area contributed by atoms with Crippen molar-refractivity contribution >= 4 is 5.97 Å². The van der Waals surface area contributed by atoms with Crippen molar-refractivity contribution in [3.05, 3.63) is 35.5 Å². The summed E-state index contributed by atoms with van der Waals surface area (Å²) < 4.78 is 29.3. The molecule has 5 N–H and O–H groups in total. The molecule has 1 saturated heterocycles. The van der Waals surface area contributed by atoms with Gasteiger partial charge in [-0.05, 0) is 57.4 Å². The molecule has 1 aliphatic heterocycles. The van der Waals surface area contributed by atoms with Crippen molar-refractivity contribution < 1.29 is 54.0 Å². The van der Waals surface area contributed by atoms with Crippen LogP contribution in [0, 0.1) is 29.1 Å². The number of aliphatic hydroxyl groups excluding tert-OH is 5. The summed E-state index contributed by atoms with van der Waals surface area (Å²) >= 11 is 0. The normalized spacial score (nSPS) is 41.1. The molecule has 256 valence electrons. The van der Waals surface area contributed by atoms with Gasteiger partial charge in [0.2, 0.25) is 0 Å². The molecule has 0 bridgehead atoms. The predicted molar refractivity (Wildman–Crippen MR) is 165 cm³/mol. The number of hydrogen-bond donors (Lipinski definition) is 5. The Kier molecular flexibility index (Phi) is 11.4. The minimum absolute atomic E-state index is 0.00578. The van der Waals surface area contributed by atoms with E-state index in [-0.39, 0.29) is 43.3 Å². The maximum absolute atomic E-state index is 12.1. The minimum Gasteiger partial charge on any atom is -0.465 e. The molecule has 11 heteroatoms. The highest BCUT2D eigenvalue weighted by molar-refractivity contribution is 5.65. The van der Waals surface area contributed by atoms with Gasteiger partial charge < -0.3 is 49.2 Å². The minimum atomic E-state index is -1.64. The molecule has 0 spiro atoms. The van der Waals surface area contributed by atoms with E-state index in [0.29, 0.717) is 12.2 Å². The highest BCUT2D eigenvalue weighted by Gasteiger charge is 2.55. The number of carbonyl (C=O) groups is 1. The summed E-state index contributed by atoms with van der Waals surface area (Å²) in [5.74, 6) is -0.878. The second-order valence-electron chi connectivity index (χ2n) is 14.2. The molecule has 0 amide bonds. The molecule has 1 saturated carbocycles. The highest BCUT2D eigenvalue weighted by Crippen LogP contribution is 2.55. The first-order valence-electron chi connectivity index (χ1n) is 16.1. The quantitative estimate of drug-likeness (QED) is 0.166. The fourth-order valence-electron chi connectivity index (χ4n) is 7.56. The Hall–Kier alpha value is -1.67. The van der Waals surface area contributed by atoms with Gasteiger partial charge >= 0.3 is 5.97 Å². The second-order valence-corrected chi connectivity index (χ2v) is 14.2. The zero-order valence-electron chi connectivity index (χ0n) is 27.7. The van der Waals surface area contributed by atoms with Crippen molar-refractivity contribution in [1.82, 2.24) is 0 Å². The fourth-order valence-corrected chi connectivity index (χ4v) is 7.56. The van der Waals surface area contributed by atoms with E-state index in [1.54, 1.807) is 27.0 Å². The molecule has 4 aliphatic rings. The summed E-state index contributed by atoms with van der Waals surface area (Å²) in [5, 5.41) is 56.5. The van der Waals surface area contributed by atoms with E-state index in [9.17, 15) is 30.3 Å². The molecule has 11 nitrogen and oxygen atoms in total. The zero-order valence-corrected chi connectivity index (χ0v) is 27.7. The third kappa shape index (κ3) is 7.27.